The molecule has 1 fully saturated rings. The van der Waals surface area contributed by atoms with Crippen molar-refractivity contribution in [3.05, 3.63) is 155 Å². The molecular weight excluding hydrogens is 1160 g/mol. The Kier molecular flexibility index (Phi) is 30.2. The summed E-state index contributed by atoms with van der Waals surface area (Å²) >= 11 is 0. The first kappa shape index (κ1) is 75.7. The Labute approximate surface area is 539 Å². The summed E-state index contributed by atoms with van der Waals surface area (Å²) in [5.74, 6) is -1.12. The quantitative estimate of drug-likeness (QED) is 0.0272. The first-order chi connectivity index (χ1) is 42.8. The van der Waals surface area contributed by atoms with Gasteiger partial charge in [-0.05, 0) is 171 Å². The zero-order chi connectivity index (χ0) is 67.6. The molecule has 6 atom stereocenters. The van der Waals surface area contributed by atoms with E-state index in [1.54, 1.807) is 102 Å². The van der Waals surface area contributed by atoms with E-state index in [2.05, 4.69) is 90.4 Å². The third kappa shape index (κ3) is 26.9. The number of rotatable bonds is 28. The number of benzene rings is 5. The van der Waals surface area contributed by atoms with Crippen LogP contribution in [0.4, 0.5) is 5.69 Å². The maximum Gasteiger partial charge on any atom is 0.333 e. The smallest absolute Gasteiger partial charge is 0.333 e. The molecule has 5 aromatic carbocycles. The first-order valence-corrected chi connectivity index (χ1v) is 31.7. The van der Waals surface area contributed by atoms with E-state index < -0.39 is 54.5 Å². The van der Waals surface area contributed by atoms with Crippen molar-refractivity contribution in [2.24, 2.45) is 11.3 Å². The second-order valence-electron chi connectivity index (χ2n) is 26.1. The molecule has 498 valence electrons. The molecule has 18 nitrogen and oxygen atoms in total. The fourth-order valence-corrected chi connectivity index (χ4v) is 9.96. The van der Waals surface area contributed by atoms with Crippen LogP contribution in [0.25, 0.3) is 0 Å². The predicted octanol–water partition coefficient (Wildman–Crippen LogP) is 12.7. The lowest BCUT2D eigenvalue weighted by Crippen LogP contribution is -2.44. The minimum absolute atomic E-state index is 0.0538. The van der Waals surface area contributed by atoms with Gasteiger partial charge in [-0.15, -0.1) is 0 Å². The molecule has 1 saturated carbocycles. The van der Waals surface area contributed by atoms with E-state index in [1.807, 2.05) is 48.5 Å². The molecule has 0 radical (unpaired) electrons. The average Bonchev–Trinajstić information content (AvgIpc) is 1.50. The number of carbonyl (C=O) groups excluding carboxylic acids is 3. The van der Waals surface area contributed by atoms with E-state index in [0.29, 0.717) is 54.9 Å². The number of nitrogens with one attached hydrogen (secondary N) is 3. The summed E-state index contributed by atoms with van der Waals surface area (Å²) in [6.07, 6.45) is 0.590. The third-order valence-electron chi connectivity index (χ3n) is 15.6. The van der Waals surface area contributed by atoms with Gasteiger partial charge in [-0.1, -0.05) is 135 Å². The van der Waals surface area contributed by atoms with Crippen molar-refractivity contribution in [3.8, 4) is 17.2 Å². The highest BCUT2D eigenvalue weighted by molar-refractivity contribution is 5.94. The zero-order valence-corrected chi connectivity index (χ0v) is 56.2. The van der Waals surface area contributed by atoms with Gasteiger partial charge < -0.3 is 59.7 Å². The van der Waals surface area contributed by atoms with Crippen molar-refractivity contribution in [2.45, 2.75) is 209 Å². The third-order valence-corrected chi connectivity index (χ3v) is 15.6. The number of carboxylic acids is 3. The lowest BCUT2D eigenvalue weighted by Gasteiger charge is -2.37. The Morgan fingerprint density at radius 1 is 0.440 bits per heavy atom. The van der Waals surface area contributed by atoms with E-state index >= 15 is 0 Å². The van der Waals surface area contributed by atoms with Crippen molar-refractivity contribution in [1.82, 2.24) is 10.6 Å². The molecule has 18 heteroatoms. The molecule has 0 bridgehead atoms. The highest BCUT2D eigenvalue weighted by Crippen LogP contribution is 2.38. The van der Waals surface area contributed by atoms with Crippen LogP contribution in [0.2, 0.25) is 0 Å². The highest BCUT2D eigenvalue weighted by atomic mass is 16.5. The van der Waals surface area contributed by atoms with Crippen LogP contribution >= 0.6 is 0 Å². The second kappa shape index (κ2) is 36.3. The molecule has 0 aliphatic heterocycles. The van der Waals surface area contributed by atoms with Crippen LogP contribution in [0.3, 0.4) is 0 Å². The van der Waals surface area contributed by atoms with Gasteiger partial charge in [-0.2, -0.15) is 0 Å². The van der Waals surface area contributed by atoms with Crippen molar-refractivity contribution in [2.75, 3.05) is 25.1 Å². The van der Waals surface area contributed by atoms with Gasteiger partial charge in [0, 0.05) is 57.4 Å². The summed E-state index contributed by atoms with van der Waals surface area (Å²) in [4.78, 5) is 71.0. The minimum atomic E-state index is -0.988. The first-order valence-electron chi connectivity index (χ1n) is 31.7. The summed E-state index contributed by atoms with van der Waals surface area (Å²) < 4.78 is 32.9. The molecule has 3 amide bonds. The molecule has 0 heterocycles. The van der Waals surface area contributed by atoms with E-state index in [1.165, 1.54) is 11.1 Å². The van der Waals surface area contributed by atoms with Gasteiger partial charge in [0.05, 0.1) is 0 Å². The van der Waals surface area contributed by atoms with Gasteiger partial charge in [0.15, 0.2) is 36.6 Å². The minimum Gasteiger partial charge on any atom is -0.481 e. The number of carboxylic acid groups (broad SMARTS) is 3. The van der Waals surface area contributed by atoms with Crippen LogP contribution in [0.1, 0.15) is 163 Å². The van der Waals surface area contributed by atoms with E-state index in [9.17, 15) is 44.1 Å². The molecule has 6 rings (SSSR count). The maximum atomic E-state index is 12.5. The number of hydrogen-bond donors (Lipinski definition) is 6. The molecule has 91 heavy (non-hydrogen) atoms. The maximum absolute atomic E-state index is 12.5. The number of hydrogen-bond acceptors (Lipinski definition) is 12. The molecular formula is C73H101N3O15. The topological polar surface area (TPSA) is 255 Å². The Hall–Kier alpha value is -7.80. The largest absolute Gasteiger partial charge is 0.481 e. The van der Waals surface area contributed by atoms with Crippen molar-refractivity contribution in [1.29, 1.82) is 0 Å². The van der Waals surface area contributed by atoms with Crippen molar-refractivity contribution in [3.63, 3.8) is 0 Å². The summed E-state index contributed by atoms with van der Waals surface area (Å²) in [6, 6.07) is 37.4. The van der Waals surface area contributed by atoms with Crippen LogP contribution in [-0.4, -0.2) is 113 Å². The standard InChI is InChI=1S/C25H33NO5.C24H37NO5.C24H31NO5/c1-6-30-22(24(28)29)15-18-9-13-21(14-10-18)31-17(2)23(27)26-16-19-7-11-20(12-8-19)25(3,4)5;2*1-6-29-21(23(27)28)15-17-7-13-20(14-8-17)30-16(2)22(26)25-19-11-9-18(10-12-19)24(3,4)5/h7-14,17,22H,6,15-16H2,1-5H3,(H,26,27)(H,28,29);7-8,13-14,16,18-19,21H,6,9-12,15H2,1-5H3,(H,25,26)(H,27,28);7-14,16,21H,6,15H2,1-5H3,(H,25,26)(H,27,28)/t17-,22+;16?,18-,19-,21?;/m1../s1. The Morgan fingerprint density at radius 3 is 1.08 bits per heavy atom. The number of anilines is 1. The second-order valence-corrected chi connectivity index (χ2v) is 26.1. The fourth-order valence-electron chi connectivity index (χ4n) is 9.96. The lowest BCUT2D eigenvalue weighted by atomic mass is 9.71. The molecule has 0 saturated heterocycles. The van der Waals surface area contributed by atoms with E-state index in [-0.39, 0.29) is 53.9 Å². The molecule has 4 unspecified atom stereocenters. The number of amides is 3. The van der Waals surface area contributed by atoms with Gasteiger partial charge in [0.1, 0.15) is 17.2 Å². The van der Waals surface area contributed by atoms with Gasteiger partial charge in [0.25, 0.3) is 17.7 Å². The predicted molar refractivity (Wildman–Crippen MR) is 354 cm³/mol. The molecule has 5 aromatic rings. The van der Waals surface area contributed by atoms with Crippen LogP contribution in [0.15, 0.2) is 121 Å². The van der Waals surface area contributed by atoms with Gasteiger partial charge in [0.2, 0.25) is 0 Å². The Balaban J connectivity index is 0.000000291. The van der Waals surface area contributed by atoms with Crippen LogP contribution in [0.5, 0.6) is 17.2 Å². The summed E-state index contributed by atoms with van der Waals surface area (Å²) in [7, 11) is 0. The highest BCUT2D eigenvalue weighted by Gasteiger charge is 2.31. The fraction of sp³-hybridized carbons (Fsp3) is 0.507. The van der Waals surface area contributed by atoms with Crippen LogP contribution in [-0.2, 0) is 79.6 Å². The number of carbonyl (C=O) groups is 6. The number of ether oxygens (including phenoxy) is 6. The molecule has 0 aromatic heterocycles. The van der Waals surface area contributed by atoms with Gasteiger partial charge in [-0.25, -0.2) is 14.4 Å². The van der Waals surface area contributed by atoms with E-state index in [4.69, 9.17) is 28.4 Å². The lowest BCUT2D eigenvalue weighted by molar-refractivity contribution is -0.150. The average molecular weight is 1260 g/mol. The zero-order valence-electron chi connectivity index (χ0n) is 56.2. The van der Waals surface area contributed by atoms with Gasteiger partial charge >= 0.3 is 17.9 Å². The monoisotopic (exact) mass is 1260 g/mol. The molecule has 1 aliphatic carbocycles. The van der Waals surface area contributed by atoms with Gasteiger partial charge in [-0.3, -0.25) is 14.4 Å². The number of aliphatic carboxylic acids is 3. The molecule has 1 aliphatic rings. The Morgan fingerprint density at radius 2 is 0.758 bits per heavy atom. The van der Waals surface area contributed by atoms with Crippen molar-refractivity contribution >= 4 is 41.3 Å². The SMILES string of the molecule is CCOC(Cc1ccc(OC(C)C(=O)N[C@H]2CC[C@H](C(C)(C)C)CC2)cc1)C(=O)O.CCOC(Cc1ccc(OC(C)C(=O)Nc2ccc(C(C)(C)C)cc2)cc1)C(=O)O.CCO[C@@H](Cc1ccc(O[C@H](C)C(=O)NCc2ccc(C(C)(C)C)cc2)cc1)C(=O)O. The summed E-state index contributed by atoms with van der Waals surface area (Å²) in [5, 5.41) is 36.4. The summed E-state index contributed by atoms with van der Waals surface area (Å²) in [6.45, 7) is 31.7. The Bertz CT molecular complexity index is 3030. The molecule has 6 N–H and O–H groups in total. The normalized spacial score (nSPS) is 16.0. The molecule has 0 spiro atoms. The van der Waals surface area contributed by atoms with Crippen molar-refractivity contribution < 1.29 is 72.5 Å². The summed E-state index contributed by atoms with van der Waals surface area (Å²) in [5.41, 5.74) is 7.15. The van der Waals surface area contributed by atoms with Crippen LogP contribution in [0, 0.1) is 11.3 Å². The van der Waals surface area contributed by atoms with E-state index in [0.717, 1.165) is 53.6 Å². The van der Waals surface area contributed by atoms with Crippen LogP contribution < -0.4 is 30.2 Å².